The summed E-state index contributed by atoms with van der Waals surface area (Å²) >= 11 is 0. The van der Waals surface area contributed by atoms with Crippen molar-refractivity contribution in [3.8, 4) is 0 Å². The average molecular weight is 229 g/mol. The van der Waals surface area contributed by atoms with E-state index in [1.54, 1.807) is 27.7 Å². The van der Waals surface area contributed by atoms with Crippen LogP contribution in [-0.4, -0.2) is 27.9 Å². The maximum atomic E-state index is 11.0. The summed E-state index contributed by atoms with van der Waals surface area (Å²) < 4.78 is 5.83. The number of aliphatic carboxylic acids is 1. The average Bonchev–Trinajstić information content (AvgIpc) is 1.98. The van der Waals surface area contributed by atoms with E-state index in [-0.39, 0.29) is 0 Å². The summed E-state index contributed by atoms with van der Waals surface area (Å²) in [4.78, 5) is 11.0. The van der Waals surface area contributed by atoms with Gasteiger partial charge in [0.2, 0.25) is 0 Å². The number of carbonyl (C=O) groups is 1. The zero-order valence-corrected chi connectivity index (χ0v) is 10.7. The minimum Gasteiger partial charge on any atom is -0.550 e. The number of carboxylic acids is 1. The molecule has 0 amide bonds. The monoisotopic (exact) mass is 229 g/mol. The van der Waals surface area contributed by atoms with Crippen molar-refractivity contribution in [3.05, 3.63) is 0 Å². The molecule has 0 aromatic heterocycles. The Labute approximate surface area is 96.6 Å². The third-order valence-corrected chi connectivity index (χ3v) is 3.82. The minimum atomic E-state index is -1.08. The smallest absolute Gasteiger partial charge is 0.0942 e. The first kappa shape index (κ1) is 13.5. The Morgan fingerprint density at radius 3 is 2.25 bits per heavy atom. The molecule has 1 saturated heterocycles. The summed E-state index contributed by atoms with van der Waals surface area (Å²) in [6, 6.07) is 0. The van der Waals surface area contributed by atoms with Crippen LogP contribution in [0.4, 0.5) is 0 Å². The van der Waals surface area contributed by atoms with Crippen molar-refractivity contribution in [2.24, 2.45) is 5.92 Å². The highest BCUT2D eigenvalue weighted by molar-refractivity contribution is 5.69. The first-order valence-corrected chi connectivity index (χ1v) is 5.63. The fourth-order valence-corrected chi connectivity index (χ4v) is 2.30. The summed E-state index contributed by atoms with van der Waals surface area (Å²) in [5, 5.41) is 21.0. The first-order chi connectivity index (χ1) is 7.00. The predicted octanol–water partition coefficient (Wildman–Crippen LogP) is 0.471. The molecule has 0 spiro atoms. The number of carbonyl (C=O) groups excluding carboxylic acids is 1. The van der Waals surface area contributed by atoms with Crippen molar-refractivity contribution >= 4 is 5.97 Å². The Morgan fingerprint density at radius 2 is 1.94 bits per heavy atom. The second kappa shape index (κ2) is 3.70. The molecule has 4 heteroatoms. The normalized spacial score (nSPS) is 34.8. The van der Waals surface area contributed by atoms with Gasteiger partial charge in [-0.25, -0.2) is 0 Å². The molecular formula is C12H21O4-. The Kier molecular flexibility index (Phi) is 3.12. The molecule has 94 valence electrons. The topological polar surface area (TPSA) is 69.6 Å². The standard InChI is InChI=1S/C12H22O4/c1-10(2)8(9(13)14)6-7-12(5,16-10)11(3,4)15/h8,15H,6-7H2,1-5H3,(H,13,14)/p-1/t8-,12-/m0/s1. The Morgan fingerprint density at radius 1 is 1.44 bits per heavy atom. The van der Waals surface area contributed by atoms with Gasteiger partial charge in [0, 0.05) is 11.9 Å². The zero-order valence-electron chi connectivity index (χ0n) is 10.7. The van der Waals surface area contributed by atoms with Crippen molar-refractivity contribution in [1.82, 2.24) is 0 Å². The van der Waals surface area contributed by atoms with Crippen LogP contribution >= 0.6 is 0 Å². The van der Waals surface area contributed by atoms with Gasteiger partial charge in [-0.3, -0.25) is 0 Å². The fourth-order valence-electron chi connectivity index (χ4n) is 2.30. The molecule has 1 fully saturated rings. The van der Waals surface area contributed by atoms with Gasteiger partial charge in [0.05, 0.1) is 16.8 Å². The van der Waals surface area contributed by atoms with Crippen LogP contribution < -0.4 is 5.11 Å². The van der Waals surface area contributed by atoms with Gasteiger partial charge in [-0.1, -0.05) is 0 Å². The molecule has 0 saturated carbocycles. The second-order valence-electron chi connectivity index (χ2n) is 5.91. The molecule has 0 aromatic carbocycles. The molecule has 1 rings (SSSR count). The lowest BCUT2D eigenvalue weighted by Crippen LogP contribution is -2.61. The number of carboxylic acid groups (broad SMARTS) is 1. The molecule has 2 atom stereocenters. The van der Waals surface area contributed by atoms with Crippen LogP contribution in [0.1, 0.15) is 47.5 Å². The van der Waals surface area contributed by atoms with E-state index in [0.717, 1.165) is 0 Å². The van der Waals surface area contributed by atoms with Crippen LogP contribution in [0.15, 0.2) is 0 Å². The van der Waals surface area contributed by atoms with E-state index in [4.69, 9.17) is 4.74 Å². The maximum absolute atomic E-state index is 11.0. The van der Waals surface area contributed by atoms with E-state index in [2.05, 4.69) is 0 Å². The zero-order chi connectivity index (χ0) is 12.8. The molecular weight excluding hydrogens is 208 g/mol. The van der Waals surface area contributed by atoms with Crippen LogP contribution in [0, 0.1) is 5.92 Å². The number of hydrogen-bond acceptors (Lipinski definition) is 4. The number of hydrogen-bond donors (Lipinski definition) is 1. The number of ether oxygens (including phenoxy) is 1. The van der Waals surface area contributed by atoms with Crippen LogP contribution in [0.5, 0.6) is 0 Å². The van der Waals surface area contributed by atoms with Crippen LogP contribution in [-0.2, 0) is 9.53 Å². The van der Waals surface area contributed by atoms with Crippen molar-refractivity contribution < 1.29 is 19.7 Å². The summed E-state index contributed by atoms with van der Waals surface area (Å²) in [5.41, 5.74) is -2.53. The third kappa shape index (κ3) is 2.23. The fraction of sp³-hybridized carbons (Fsp3) is 0.917. The first-order valence-electron chi connectivity index (χ1n) is 5.63. The van der Waals surface area contributed by atoms with E-state index in [1.165, 1.54) is 0 Å². The SMILES string of the molecule is CC1(C)O[C@](C)(C(C)(C)O)CC[C@H]1C(=O)[O-]. The lowest BCUT2D eigenvalue weighted by molar-refractivity contribution is -0.330. The number of rotatable bonds is 2. The minimum absolute atomic E-state index is 0.468. The van der Waals surface area contributed by atoms with Crippen molar-refractivity contribution in [2.75, 3.05) is 0 Å². The largest absolute Gasteiger partial charge is 0.550 e. The lowest BCUT2D eigenvalue weighted by atomic mass is 9.73. The molecule has 0 unspecified atom stereocenters. The van der Waals surface area contributed by atoms with Gasteiger partial charge in [-0.15, -0.1) is 0 Å². The highest BCUT2D eigenvalue weighted by Gasteiger charge is 2.50. The molecule has 1 N–H and O–H groups in total. The highest BCUT2D eigenvalue weighted by Crippen LogP contribution is 2.43. The van der Waals surface area contributed by atoms with Crippen molar-refractivity contribution in [2.45, 2.75) is 64.3 Å². The third-order valence-electron chi connectivity index (χ3n) is 3.82. The molecule has 1 heterocycles. The van der Waals surface area contributed by atoms with Gasteiger partial charge in [-0.05, 0) is 47.5 Å². The van der Waals surface area contributed by atoms with E-state index in [1.807, 2.05) is 6.92 Å². The van der Waals surface area contributed by atoms with E-state index in [0.29, 0.717) is 12.8 Å². The van der Waals surface area contributed by atoms with Gasteiger partial charge in [0.1, 0.15) is 0 Å². The van der Waals surface area contributed by atoms with E-state index in [9.17, 15) is 15.0 Å². The maximum Gasteiger partial charge on any atom is 0.0942 e. The molecule has 4 nitrogen and oxygen atoms in total. The number of aliphatic hydroxyl groups is 1. The summed E-state index contributed by atoms with van der Waals surface area (Å²) in [6.07, 6.45) is 0.981. The van der Waals surface area contributed by atoms with Crippen LogP contribution in [0.2, 0.25) is 0 Å². The van der Waals surface area contributed by atoms with Crippen molar-refractivity contribution in [1.29, 1.82) is 0 Å². The van der Waals surface area contributed by atoms with Crippen molar-refractivity contribution in [3.63, 3.8) is 0 Å². The molecule has 0 aromatic rings. The predicted molar refractivity (Wildman–Crippen MR) is 57.6 cm³/mol. The summed E-state index contributed by atoms with van der Waals surface area (Å²) in [7, 11) is 0. The Balaban J connectivity index is 2.94. The summed E-state index contributed by atoms with van der Waals surface area (Å²) in [5.74, 6) is -1.70. The highest BCUT2D eigenvalue weighted by atomic mass is 16.5. The molecule has 1 aliphatic rings. The quantitative estimate of drug-likeness (QED) is 0.747. The Hall–Kier alpha value is -0.610. The lowest BCUT2D eigenvalue weighted by Gasteiger charge is -2.52. The van der Waals surface area contributed by atoms with Gasteiger partial charge < -0.3 is 19.7 Å². The van der Waals surface area contributed by atoms with Gasteiger partial charge >= 0.3 is 0 Å². The molecule has 0 bridgehead atoms. The van der Waals surface area contributed by atoms with Gasteiger partial charge in [0.25, 0.3) is 0 Å². The Bertz CT molecular complexity index is 290. The van der Waals surface area contributed by atoms with E-state index < -0.39 is 28.7 Å². The van der Waals surface area contributed by atoms with Gasteiger partial charge in [-0.2, -0.15) is 0 Å². The van der Waals surface area contributed by atoms with E-state index >= 15 is 0 Å². The molecule has 0 aliphatic carbocycles. The van der Waals surface area contributed by atoms with Crippen LogP contribution in [0.25, 0.3) is 0 Å². The van der Waals surface area contributed by atoms with Gasteiger partial charge in [0.15, 0.2) is 0 Å². The molecule has 16 heavy (non-hydrogen) atoms. The summed E-state index contributed by atoms with van der Waals surface area (Å²) in [6.45, 7) is 8.65. The van der Waals surface area contributed by atoms with Crippen LogP contribution in [0.3, 0.4) is 0 Å². The molecule has 0 radical (unpaired) electrons. The molecule has 1 aliphatic heterocycles. The second-order valence-corrected chi connectivity index (χ2v) is 5.91.